The molecule has 9 heteroatoms. The number of aliphatic hydroxyl groups is 1. The molecule has 8 nitrogen and oxygen atoms in total. The van der Waals surface area contributed by atoms with E-state index in [1.54, 1.807) is 36.4 Å². The van der Waals surface area contributed by atoms with Gasteiger partial charge < -0.3 is 9.84 Å². The van der Waals surface area contributed by atoms with Gasteiger partial charge in [0.15, 0.2) is 5.76 Å². The Morgan fingerprint density at radius 2 is 1.60 bits per heavy atom. The van der Waals surface area contributed by atoms with Gasteiger partial charge in [0.1, 0.15) is 5.75 Å². The van der Waals surface area contributed by atoms with Gasteiger partial charge in [-0.05, 0) is 55.7 Å². The van der Waals surface area contributed by atoms with Gasteiger partial charge in [-0.1, -0.05) is 24.3 Å². The number of amides is 2. The first-order valence-electron chi connectivity index (χ1n) is 9.26. The van der Waals surface area contributed by atoms with Gasteiger partial charge in [-0.3, -0.25) is 14.5 Å². The molecule has 1 aliphatic heterocycles. The number of rotatable bonds is 7. The third kappa shape index (κ3) is 4.52. The number of nitrogens with two attached hydrogens (primary N) is 1. The Bertz CT molecular complexity index is 1100. The van der Waals surface area contributed by atoms with Crippen LogP contribution in [0.3, 0.4) is 0 Å². The normalized spacial score (nSPS) is 14.7. The summed E-state index contributed by atoms with van der Waals surface area (Å²) in [5, 5.41) is 15.3. The van der Waals surface area contributed by atoms with Crippen LogP contribution in [0, 0.1) is 0 Å². The number of sulfonamides is 1. The fourth-order valence-electron chi connectivity index (χ4n) is 3.09. The molecule has 0 aliphatic carbocycles. The molecule has 0 spiro atoms. The van der Waals surface area contributed by atoms with E-state index in [4.69, 9.17) is 9.88 Å². The minimum Gasteiger partial charge on any atom is -0.502 e. The van der Waals surface area contributed by atoms with Crippen molar-refractivity contribution in [2.45, 2.75) is 31.3 Å². The molecule has 0 radical (unpaired) electrons. The number of hydrogen-bond acceptors (Lipinski definition) is 6. The molecule has 2 amide bonds. The molecule has 2 aromatic rings. The van der Waals surface area contributed by atoms with Crippen molar-refractivity contribution in [3.8, 4) is 5.75 Å². The van der Waals surface area contributed by atoms with E-state index >= 15 is 0 Å². The molecule has 2 aromatic carbocycles. The molecule has 1 heterocycles. The summed E-state index contributed by atoms with van der Waals surface area (Å²) in [4.78, 5) is 26.1. The van der Waals surface area contributed by atoms with Crippen LogP contribution in [0.5, 0.6) is 5.75 Å². The van der Waals surface area contributed by atoms with E-state index in [0.29, 0.717) is 23.3 Å². The first-order valence-corrected chi connectivity index (χ1v) is 10.8. The van der Waals surface area contributed by atoms with Crippen molar-refractivity contribution in [1.82, 2.24) is 4.90 Å². The lowest BCUT2D eigenvalue weighted by Crippen LogP contribution is -2.33. The van der Waals surface area contributed by atoms with Gasteiger partial charge in [-0.15, -0.1) is 0 Å². The number of aliphatic hydroxyl groups excluding tert-OH is 1. The van der Waals surface area contributed by atoms with E-state index in [2.05, 4.69) is 0 Å². The molecular weight excluding hydrogens is 408 g/mol. The van der Waals surface area contributed by atoms with Crippen molar-refractivity contribution in [2.75, 3.05) is 6.54 Å². The number of hydrogen-bond donors (Lipinski definition) is 2. The summed E-state index contributed by atoms with van der Waals surface area (Å²) in [6.07, 6.45) is 0.289. The number of carbonyl (C=O) groups excluding carboxylic acids is 2. The molecule has 0 bridgehead atoms. The number of primary sulfonamides is 1. The molecule has 0 unspecified atom stereocenters. The molecule has 3 N–H and O–H groups in total. The second kappa shape index (κ2) is 8.29. The fourth-order valence-corrected chi connectivity index (χ4v) is 3.60. The van der Waals surface area contributed by atoms with Gasteiger partial charge in [0, 0.05) is 6.54 Å². The third-order valence-corrected chi connectivity index (χ3v) is 5.46. The Labute approximate surface area is 174 Å². The maximum absolute atomic E-state index is 12.8. The highest BCUT2D eigenvalue weighted by atomic mass is 32.2. The maximum Gasteiger partial charge on any atom is 0.296 e. The highest BCUT2D eigenvalue weighted by Gasteiger charge is 2.38. The lowest BCUT2D eigenvalue weighted by atomic mass is 10.1. The molecule has 0 aromatic heterocycles. The molecule has 0 saturated heterocycles. The van der Waals surface area contributed by atoms with Crippen molar-refractivity contribution in [1.29, 1.82) is 0 Å². The van der Waals surface area contributed by atoms with Gasteiger partial charge in [0.2, 0.25) is 10.0 Å². The molecular formula is C21H22N2O6S. The molecule has 0 saturated carbocycles. The fraction of sp³-hybridized carbons (Fsp3) is 0.238. The first kappa shape index (κ1) is 21.5. The highest BCUT2D eigenvalue weighted by Crippen LogP contribution is 2.29. The predicted molar refractivity (Wildman–Crippen MR) is 110 cm³/mol. The largest absolute Gasteiger partial charge is 0.502 e. The van der Waals surface area contributed by atoms with Crippen LogP contribution in [0.25, 0.3) is 5.57 Å². The minimum absolute atomic E-state index is 0.00678. The second-order valence-electron chi connectivity index (χ2n) is 7.12. The standard InChI is InChI=1S/C21H22N2O6S/c1-13(2)29-16-7-5-15(6-8-16)18-19(24)21(26)23(20(18)25)12-11-14-3-9-17(10-4-14)30(22,27)28/h3-10,13,24H,11-12H2,1-2H3,(H2,22,27,28). The summed E-state index contributed by atoms with van der Waals surface area (Å²) in [6.45, 7) is 3.82. The van der Waals surface area contributed by atoms with Crippen LogP contribution in [0.4, 0.5) is 0 Å². The van der Waals surface area contributed by atoms with Crippen molar-refractivity contribution >= 4 is 27.4 Å². The van der Waals surface area contributed by atoms with Crippen LogP contribution in [0.15, 0.2) is 59.2 Å². The summed E-state index contributed by atoms with van der Waals surface area (Å²) in [5.74, 6) is -1.33. The average Bonchev–Trinajstić information content (AvgIpc) is 2.89. The van der Waals surface area contributed by atoms with Crippen LogP contribution < -0.4 is 9.88 Å². The highest BCUT2D eigenvalue weighted by molar-refractivity contribution is 7.89. The van der Waals surface area contributed by atoms with E-state index in [0.717, 1.165) is 4.90 Å². The summed E-state index contributed by atoms with van der Waals surface area (Å²) < 4.78 is 28.2. The maximum atomic E-state index is 12.8. The van der Waals surface area contributed by atoms with Crippen molar-refractivity contribution < 1.29 is 27.9 Å². The van der Waals surface area contributed by atoms with Crippen molar-refractivity contribution in [3.05, 3.63) is 65.4 Å². The third-order valence-electron chi connectivity index (χ3n) is 4.53. The van der Waals surface area contributed by atoms with E-state index < -0.39 is 27.6 Å². The zero-order valence-electron chi connectivity index (χ0n) is 16.5. The number of imide groups is 1. The van der Waals surface area contributed by atoms with Crippen molar-refractivity contribution in [3.63, 3.8) is 0 Å². The Balaban J connectivity index is 1.72. The van der Waals surface area contributed by atoms with Gasteiger partial charge >= 0.3 is 0 Å². The molecule has 0 atom stereocenters. The second-order valence-corrected chi connectivity index (χ2v) is 8.68. The summed E-state index contributed by atoms with van der Waals surface area (Å²) in [5.41, 5.74) is 1.08. The minimum atomic E-state index is -3.79. The Hall–Kier alpha value is -3.17. The van der Waals surface area contributed by atoms with Gasteiger partial charge in [-0.25, -0.2) is 13.6 Å². The van der Waals surface area contributed by atoms with E-state index in [9.17, 15) is 23.1 Å². The molecule has 0 fully saturated rings. The topological polar surface area (TPSA) is 127 Å². The molecule has 1 aliphatic rings. The van der Waals surface area contributed by atoms with Crippen LogP contribution in [-0.2, 0) is 26.0 Å². The number of ether oxygens (including phenoxy) is 1. The van der Waals surface area contributed by atoms with Crippen LogP contribution in [0.1, 0.15) is 25.0 Å². The molecule has 30 heavy (non-hydrogen) atoms. The molecule has 158 valence electrons. The van der Waals surface area contributed by atoms with Gasteiger partial charge in [-0.2, -0.15) is 0 Å². The zero-order chi connectivity index (χ0) is 22.1. The zero-order valence-corrected chi connectivity index (χ0v) is 17.3. The number of nitrogens with zero attached hydrogens (tertiary/aromatic N) is 1. The SMILES string of the molecule is CC(C)Oc1ccc(C2=C(O)C(=O)N(CCc3ccc(S(N)(=O)=O)cc3)C2=O)cc1. The summed E-state index contributed by atoms with van der Waals surface area (Å²) in [7, 11) is -3.79. The number of benzene rings is 2. The lowest BCUT2D eigenvalue weighted by molar-refractivity contribution is -0.138. The van der Waals surface area contributed by atoms with E-state index in [-0.39, 0.29) is 23.1 Å². The van der Waals surface area contributed by atoms with E-state index in [1.165, 1.54) is 12.1 Å². The average molecular weight is 430 g/mol. The lowest BCUT2D eigenvalue weighted by Gasteiger charge is -2.15. The predicted octanol–water partition coefficient (Wildman–Crippen LogP) is 2.00. The monoisotopic (exact) mass is 430 g/mol. The Morgan fingerprint density at radius 1 is 1.00 bits per heavy atom. The summed E-state index contributed by atoms with van der Waals surface area (Å²) in [6, 6.07) is 12.4. The van der Waals surface area contributed by atoms with Crippen LogP contribution in [0.2, 0.25) is 0 Å². The smallest absolute Gasteiger partial charge is 0.296 e. The van der Waals surface area contributed by atoms with Crippen molar-refractivity contribution in [2.24, 2.45) is 5.14 Å². The molecule has 3 rings (SSSR count). The van der Waals surface area contributed by atoms with Crippen LogP contribution in [-0.4, -0.2) is 42.9 Å². The van der Waals surface area contributed by atoms with Gasteiger partial charge in [0.25, 0.3) is 11.8 Å². The van der Waals surface area contributed by atoms with Crippen LogP contribution >= 0.6 is 0 Å². The summed E-state index contributed by atoms with van der Waals surface area (Å²) >= 11 is 0. The quantitative estimate of drug-likeness (QED) is 0.647. The van der Waals surface area contributed by atoms with E-state index in [1.807, 2.05) is 13.8 Å². The van der Waals surface area contributed by atoms with Gasteiger partial charge in [0.05, 0.1) is 16.6 Å². The Morgan fingerprint density at radius 3 is 2.13 bits per heavy atom. The number of carbonyl (C=O) groups is 2. The Kier molecular flexibility index (Phi) is 5.95. The first-order chi connectivity index (χ1) is 14.1.